The number of carbonyl (C=O) groups excluding carboxylic acids is 1. The summed E-state index contributed by atoms with van der Waals surface area (Å²) < 4.78 is 5.07. The third-order valence-corrected chi connectivity index (χ3v) is 2.37. The highest BCUT2D eigenvalue weighted by Gasteiger charge is 2.05. The molecule has 1 rings (SSSR count). The molecule has 0 fully saturated rings. The molecule has 3 nitrogen and oxygen atoms in total. The fraction of sp³-hybridized carbons (Fsp3) is 0.417. The highest BCUT2D eigenvalue weighted by Crippen LogP contribution is 2.15. The van der Waals surface area contributed by atoms with Gasteiger partial charge in [0.25, 0.3) is 0 Å². The fourth-order valence-corrected chi connectivity index (χ4v) is 1.30. The van der Waals surface area contributed by atoms with Crippen molar-refractivity contribution in [2.45, 2.75) is 26.5 Å². The van der Waals surface area contributed by atoms with Crippen molar-refractivity contribution in [1.82, 2.24) is 5.32 Å². The van der Waals surface area contributed by atoms with Gasteiger partial charge < -0.3 is 10.1 Å². The maximum Gasteiger partial charge on any atom is 0.320 e. The summed E-state index contributed by atoms with van der Waals surface area (Å²) in [5.41, 5.74) is 0.821. The Hall–Kier alpha value is -1.06. The van der Waals surface area contributed by atoms with Gasteiger partial charge in [-0.25, -0.2) is 0 Å². The van der Waals surface area contributed by atoms with Gasteiger partial charge in [0.15, 0.2) is 0 Å². The molecule has 4 heteroatoms. The number of hydrogen-bond acceptors (Lipinski definition) is 3. The van der Waals surface area contributed by atoms with E-state index in [0.29, 0.717) is 5.02 Å². The van der Waals surface area contributed by atoms with Gasteiger partial charge >= 0.3 is 5.97 Å². The Balaban J connectivity index is 2.35. The summed E-state index contributed by atoms with van der Waals surface area (Å²) in [7, 11) is 0. The number of hydrogen-bond donors (Lipinski definition) is 1. The zero-order chi connectivity index (χ0) is 12.0. The molecule has 1 aromatic carbocycles. The van der Waals surface area contributed by atoms with Gasteiger partial charge in [-0.2, -0.15) is 0 Å². The van der Waals surface area contributed by atoms with Crippen molar-refractivity contribution in [3.63, 3.8) is 0 Å². The zero-order valence-corrected chi connectivity index (χ0v) is 10.3. The number of esters is 1. The van der Waals surface area contributed by atoms with Crippen LogP contribution in [-0.4, -0.2) is 18.6 Å². The van der Waals surface area contributed by atoms with E-state index in [0.717, 1.165) is 5.56 Å². The van der Waals surface area contributed by atoms with Crippen LogP contribution in [0.4, 0.5) is 0 Å². The molecule has 0 saturated carbocycles. The molecular formula is C12H16ClNO2. The first-order chi connectivity index (χ1) is 7.59. The molecule has 0 saturated heterocycles. The van der Waals surface area contributed by atoms with Crippen LogP contribution in [0.25, 0.3) is 0 Å². The smallest absolute Gasteiger partial charge is 0.320 e. The van der Waals surface area contributed by atoms with Crippen LogP contribution in [0, 0.1) is 0 Å². The molecule has 0 aliphatic carbocycles. The highest BCUT2D eigenvalue weighted by molar-refractivity contribution is 6.31. The first kappa shape index (κ1) is 13.0. The standard InChI is InChI=1S/C12H16ClNO2/c1-9(2)14-7-12(15)16-8-10-5-3-4-6-11(10)13/h3-6,9,14H,7-8H2,1-2H3. The molecule has 0 unspecified atom stereocenters. The van der Waals surface area contributed by atoms with E-state index in [9.17, 15) is 4.79 Å². The van der Waals surface area contributed by atoms with E-state index >= 15 is 0 Å². The predicted octanol–water partition coefficient (Wildman–Crippen LogP) is 2.38. The zero-order valence-electron chi connectivity index (χ0n) is 9.50. The van der Waals surface area contributed by atoms with E-state index in [1.165, 1.54) is 0 Å². The van der Waals surface area contributed by atoms with E-state index < -0.39 is 0 Å². The van der Waals surface area contributed by atoms with Crippen molar-refractivity contribution >= 4 is 17.6 Å². The lowest BCUT2D eigenvalue weighted by Crippen LogP contribution is -2.30. The van der Waals surface area contributed by atoms with Crippen LogP contribution in [0.15, 0.2) is 24.3 Å². The molecule has 0 bridgehead atoms. The van der Waals surface area contributed by atoms with Crippen molar-refractivity contribution in [3.05, 3.63) is 34.9 Å². The molecule has 0 aliphatic rings. The molecule has 0 amide bonds. The summed E-state index contributed by atoms with van der Waals surface area (Å²) in [6.45, 7) is 4.39. The molecule has 0 radical (unpaired) electrons. The fourth-order valence-electron chi connectivity index (χ4n) is 1.11. The lowest BCUT2D eigenvalue weighted by atomic mass is 10.2. The van der Waals surface area contributed by atoms with Crippen molar-refractivity contribution in [1.29, 1.82) is 0 Å². The van der Waals surface area contributed by atoms with Crippen molar-refractivity contribution in [2.75, 3.05) is 6.54 Å². The Morgan fingerprint density at radius 1 is 1.44 bits per heavy atom. The second-order valence-corrected chi connectivity index (χ2v) is 4.19. The van der Waals surface area contributed by atoms with Gasteiger partial charge in [0.2, 0.25) is 0 Å². The van der Waals surface area contributed by atoms with Gasteiger partial charge in [0.1, 0.15) is 6.61 Å². The number of carbonyl (C=O) groups is 1. The van der Waals surface area contributed by atoms with Gasteiger partial charge in [0, 0.05) is 16.6 Å². The normalized spacial score (nSPS) is 10.5. The van der Waals surface area contributed by atoms with Crippen LogP contribution in [-0.2, 0) is 16.1 Å². The first-order valence-electron chi connectivity index (χ1n) is 5.22. The van der Waals surface area contributed by atoms with Crippen molar-refractivity contribution in [3.8, 4) is 0 Å². The molecule has 16 heavy (non-hydrogen) atoms. The topological polar surface area (TPSA) is 38.3 Å². The molecule has 0 aromatic heterocycles. The van der Waals surface area contributed by atoms with Crippen LogP contribution < -0.4 is 5.32 Å². The third-order valence-electron chi connectivity index (χ3n) is 2.00. The maximum atomic E-state index is 11.3. The average molecular weight is 242 g/mol. The largest absolute Gasteiger partial charge is 0.460 e. The third kappa shape index (κ3) is 4.64. The second-order valence-electron chi connectivity index (χ2n) is 3.79. The van der Waals surface area contributed by atoms with E-state index in [4.69, 9.17) is 16.3 Å². The predicted molar refractivity (Wildman–Crippen MR) is 64.4 cm³/mol. The Labute approximate surface area is 101 Å². The molecule has 0 aliphatic heterocycles. The lowest BCUT2D eigenvalue weighted by molar-refractivity contribution is -0.143. The summed E-state index contributed by atoms with van der Waals surface area (Å²) >= 11 is 5.93. The number of rotatable bonds is 5. The summed E-state index contributed by atoms with van der Waals surface area (Å²) in [6, 6.07) is 7.59. The van der Waals surface area contributed by atoms with E-state index in [2.05, 4.69) is 5.32 Å². The highest BCUT2D eigenvalue weighted by atomic mass is 35.5. The van der Waals surface area contributed by atoms with Crippen molar-refractivity contribution in [2.24, 2.45) is 0 Å². The van der Waals surface area contributed by atoms with Crippen LogP contribution in [0.5, 0.6) is 0 Å². The van der Waals surface area contributed by atoms with Crippen LogP contribution >= 0.6 is 11.6 Å². The van der Waals surface area contributed by atoms with E-state index in [-0.39, 0.29) is 25.2 Å². The molecule has 0 heterocycles. The molecule has 0 atom stereocenters. The van der Waals surface area contributed by atoms with E-state index in [1.807, 2.05) is 32.0 Å². The SMILES string of the molecule is CC(C)NCC(=O)OCc1ccccc1Cl. The van der Waals surface area contributed by atoms with Crippen LogP contribution in [0.1, 0.15) is 19.4 Å². The monoisotopic (exact) mass is 241 g/mol. The summed E-state index contributed by atoms with van der Waals surface area (Å²) in [6.07, 6.45) is 0. The van der Waals surface area contributed by atoms with Crippen LogP contribution in [0.3, 0.4) is 0 Å². The van der Waals surface area contributed by atoms with Gasteiger partial charge in [-0.3, -0.25) is 4.79 Å². The molecule has 1 N–H and O–H groups in total. The Bertz CT molecular complexity index is 353. The number of halogens is 1. The summed E-state index contributed by atoms with van der Waals surface area (Å²) in [5.74, 6) is -0.270. The lowest BCUT2D eigenvalue weighted by Gasteiger charge is -2.09. The van der Waals surface area contributed by atoms with Gasteiger partial charge in [0.05, 0.1) is 6.54 Å². The first-order valence-corrected chi connectivity index (χ1v) is 5.60. The number of ether oxygens (including phenoxy) is 1. The molecule has 0 spiro atoms. The Morgan fingerprint density at radius 3 is 2.75 bits per heavy atom. The van der Waals surface area contributed by atoms with E-state index in [1.54, 1.807) is 6.07 Å². The van der Waals surface area contributed by atoms with Gasteiger partial charge in [-0.05, 0) is 6.07 Å². The number of nitrogens with one attached hydrogen (secondary N) is 1. The van der Waals surface area contributed by atoms with Gasteiger partial charge in [-0.1, -0.05) is 43.6 Å². The second kappa shape index (κ2) is 6.51. The Kier molecular flexibility index (Phi) is 5.29. The minimum absolute atomic E-state index is 0.221. The van der Waals surface area contributed by atoms with Crippen LogP contribution in [0.2, 0.25) is 5.02 Å². The minimum atomic E-state index is -0.270. The average Bonchev–Trinajstić information content (AvgIpc) is 2.25. The van der Waals surface area contributed by atoms with Crippen molar-refractivity contribution < 1.29 is 9.53 Å². The van der Waals surface area contributed by atoms with Gasteiger partial charge in [-0.15, -0.1) is 0 Å². The summed E-state index contributed by atoms with van der Waals surface area (Å²) in [5, 5.41) is 3.61. The quantitative estimate of drug-likeness (QED) is 0.805. The molecule has 1 aromatic rings. The number of benzene rings is 1. The molecule has 88 valence electrons. The maximum absolute atomic E-state index is 11.3. The molecular weight excluding hydrogens is 226 g/mol. The Morgan fingerprint density at radius 2 is 2.12 bits per heavy atom. The minimum Gasteiger partial charge on any atom is -0.460 e. The summed E-state index contributed by atoms with van der Waals surface area (Å²) in [4.78, 5) is 11.3.